The van der Waals surface area contributed by atoms with Crippen LogP contribution >= 0.6 is 0 Å². The Labute approximate surface area is 182 Å². The second-order valence-corrected chi connectivity index (χ2v) is 9.56. The number of benzene rings is 2. The molecular formula is C22H25N5O3S. The molecule has 1 atom stereocenters. The van der Waals surface area contributed by atoms with E-state index in [1.54, 1.807) is 27.4 Å². The summed E-state index contributed by atoms with van der Waals surface area (Å²) in [6.45, 7) is 2.85. The topological polar surface area (TPSA) is 97.2 Å². The van der Waals surface area contributed by atoms with Crippen LogP contribution in [0, 0.1) is 0 Å². The Kier molecular flexibility index (Phi) is 6.15. The first-order chi connectivity index (χ1) is 14.9. The van der Waals surface area contributed by atoms with Gasteiger partial charge in [0.1, 0.15) is 12.7 Å². The Morgan fingerprint density at radius 3 is 2.48 bits per heavy atom. The van der Waals surface area contributed by atoms with E-state index >= 15 is 0 Å². The zero-order chi connectivity index (χ0) is 21.8. The van der Waals surface area contributed by atoms with Crippen LogP contribution in [-0.4, -0.2) is 46.0 Å². The van der Waals surface area contributed by atoms with Gasteiger partial charge in [-0.05, 0) is 61.7 Å². The van der Waals surface area contributed by atoms with E-state index < -0.39 is 10.0 Å². The zero-order valence-electron chi connectivity index (χ0n) is 17.3. The van der Waals surface area contributed by atoms with Gasteiger partial charge in [0.25, 0.3) is 5.91 Å². The summed E-state index contributed by atoms with van der Waals surface area (Å²) >= 11 is 0. The molecular weight excluding hydrogens is 414 g/mol. The molecule has 4 rings (SSSR count). The van der Waals surface area contributed by atoms with Crippen molar-refractivity contribution in [1.29, 1.82) is 0 Å². The van der Waals surface area contributed by atoms with Gasteiger partial charge >= 0.3 is 0 Å². The van der Waals surface area contributed by atoms with Crippen molar-refractivity contribution in [3.63, 3.8) is 0 Å². The first kappa shape index (κ1) is 21.2. The van der Waals surface area contributed by atoms with Crippen LogP contribution in [0.4, 0.5) is 0 Å². The fraction of sp³-hybridized carbons (Fsp3) is 0.318. The molecule has 9 heteroatoms. The van der Waals surface area contributed by atoms with Gasteiger partial charge in [0.2, 0.25) is 10.0 Å². The van der Waals surface area contributed by atoms with E-state index in [2.05, 4.69) is 15.4 Å². The minimum absolute atomic E-state index is 0.00216. The predicted molar refractivity (Wildman–Crippen MR) is 116 cm³/mol. The molecule has 0 bridgehead atoms. The highest BCUT2D eigenvalue weighted by molar-refractivity contribution is 7.89. The molecule has 1 aliphatic heterocycles. The van der Waals surface area contributed by atoms with Crippen molar-refractivity contribution < 1.29 is 13.2 Å². The number of aromatic nitrogens is 3. The predicted octanol–water partition coefficient (Wildman–Crippen LogP) is 2.76. The molecule has 3 aromatic rings. The molecule has 162 valence electrons. The molecule has 1 unspecified atom stereocenters. The van der Waals surface area contributed by atoms with Crippen LogP contribution in [0.3, 0.4) is 0 Å². The van der Waals surface area contributed by atoms with Crippen LogP contribution in [-0.2, 0) is 16.6 Å². The van der Waals surface area contributed by atoms with Gasteiger partial charge < -0.3 is 5.32 Å². The number of nitrogens with one attached hydrogen (secondary N) is 1. The molecule has 1 N–H and O–H groups in total. The summed E-state index contributed by atoms with van der Waals surface area (Å²) in [5.74, 6) is -0.254. The van der Waals surface area contributed by atoms with Gasteiger partial charge in [0.05, 0.1) is 10.6 Å². The van der Waals surface area contributed by atoms with Crippen molar-refractivity contribution in [2.75, 3.05) is 6.54 Å². The van der Waals surface area contributed by atoms with Crippen molar-refractivity contribution >= 4 is 15.9 Å². The normalized spacial score (nSPS) is 17.4. The van der Waals surface area contributed by atoms with Crippen LogP contribution in [0.5, 0.6) is 0 Å². The minimum Gasteiger partial charge on any atom is -0.348 e. The van der Waals surface area contributed by atoms with Gasteiger partial charge in [-0.15, -0.1) is 0 Å². The monoisotopic (exact) mass is 439 g/mol. The molecule has 1 aliphatic rings. The van der Waals surface area contributed by atoms with Crippen LogP contribution in [0.15, 0.2) is 66.1 Å². The molecule has 0 saturated carbocycles. The number of rotatable bonds is 6. The fourth-order valence-corrected chi connectivity index (χ4v) is 5.43. The Bertz CT molecular complexity index is 1130. The molecule has 1 amide bonds. The van der Waals surface area contributed by atoms with Crippen LogP contribution in [0.1, 0.15) is 42.1 Å². The largest absolute Gasteiger partial charge is 0.348 e. The standard InChI is InChI=1S/C22H25N5O3S/c1-17-4-2-3-13-27(17)31(29,30)21-11-7-19(8-12-21)22(28)24-14-18-5-9-20(10-6-18)26-16-23-15-25-26/h5-12,15-17H,2-4,13-14H2,1H3,(H,24,28). The van der Waals surface area contributed by atoms with Crippen molar-refractivity contribution in [3.05, 3.63) is 72.3 Å². The van der Waals surface area contributed by atoms with Gasteiger partial charge in [0.15, 0.2) is 0 Å². The van der Waals surface area contributed by atoms with Gasteiger partial charge in [-0.25, -0.2) is 18.1 Å². The van der Waals surface area contributed by atoms with Crippen LogP contribution in [0.25, 0.3) is 5.69 Å². The summed E-state index contributed by atoms with van der Waals surface area (Å²) < 4.78 is 29.1. The van der Waals surface area contributed by atoms with Crippen molar-refractivity contribution in [1.82, 2.24) is 24.4 Å². The van der Waals surface area contributed by atoms with Gasteiger partial charge in [-0.2, -0.15) is 9.40 Å². The number of sulfonamides is 1. The average molecular weight is 440 g/mol. The zero-order valence-corrected chi connectivity index (χ0v) is 18.1. The molecule has 1 aromatic heterocycles. The summed E-state index contributed by atoms with van der Waals surface area (Å²) in [6.07, 6.45) is 5.89. The number of piperidine rings is 1. The van der Waals surface area contributed by atoms with E-state index in [1.807, 2.05) is 31.2 Å². The lowest BCUT2D eigenvalue weighted by atomic mass is 10.1. The first-order valence-corrected chi connectivity index (χ1v) is 11.7. The Balaban J connectivity index is 1.38. The molecule has 2 heterocycles. The molecule has 31 heavy (non-hydrogen) atoms. The van der Waals surface area contributed by atoms with Crippen LogP contribution in [0.2, 0.25) is 0 Å². The lowest BCUT2D eigenvalue weighted by Gasteiger charge is -2.32. The number of carbonyl (C=O) groups excluding carboxylic acids is 1. The van der Waals surface area contributed by atoms with Gasteiger partial charge in [0, 0.05) is 24.7 Å². The van der Waals surface area contributed by atoms with E-state index in [0.717, 1.165) is 30.5 Å². The van der Waals surface area contributed by atoms with Crippen molar-refractivity contribution in [2.24, 2.45) is 0 Å². The number of hydrogen-bond acceptors (Lipinski definition) is 5. The van der Waals surface area contributed by atoms with E-state index in [9.17, 15) is 13.2 Å². The summed E-state index contributed by atoms with van der Waals surface area (Å²) in [5.41, 5.74) is 2.24. The summed E-state index contributed by atoms with van der Waals surface area (Å²) in [5, 5.41) is 6.94. The van der Waals surface area contributed by atoms with E-state index in [0.29, 0.717) is 18.7 Å². The molecule has 0 aliphatic carbocycles. The molecule has 2 aromatic carbocycles. The number of hydrogen-bond donors (Lipinski definition) is 1. The van der Waals surface area contributed by atoms with E-state index in [4.69, 9.17) is 0 Å². The molecule has 1 saturated heterocycles. The van der Waals surface area contributed by atoms with E-state index in [-0.39, 0.29) is 16.8 Å². The second-order valence-electron chi connectivity index (χ2n) is 7.67. The summed E-state index contributed by atoms with van der Waals surface area (Å²) in [4.78, 5) is 16.6. The Morgan fingerprint density at radius 1 is 1.10 bits per heavy atom. The molecule has 0 radical (unpaired) electrons. The maximum atomic E-state index is 12.9. The summed E-state index contributed by atoms with van der Waals surface area (Å²) in [7, 11) is -3.54. The third-order valence-corrected chi connectivity index (χ3v) is 7.57. The van der Waals surface area contributed by atoms with E-state index in [1.165, 1.54) is 18.5 Å². The first-order valence-electron chi connectivity index (χ1n) is 10.3. The van der Waals surface area contributed by atoms with Crippen molar-refractivity contribution in [3.8, 4) is 5.69 Å². The molecule has 8 nitrogen and oxygen atoms in total. The SMILES string of the molecule is CC1CCCCN1S(=O)(=O)c1ccc(C(=O)NCc2ccc(-n3cncn3)cc2)cc1. The Hall–Kier alpha value is -3.04. The fourth-order valence-electron chi connectivity index (χ4n) is 3.74. The average Bonchev–Trinajstić information content (AvgIpc) is 3.33. The molecule has 0 spiro atoms. The smallest absolute Gasteiger partial charge is 0.251 e. The highest BCUT2D eigenvalue weighted by Crippen LogP contribution is 2.25. The minimum atomic E-state index is -3.54. The second kappa shape index (κ2) is 8.99. The third kappa shape index (κ3) is 4.67. The van der Waals surface area contributed by atoms with Crippen molar-refractivity contribution in [2.45, 2.75) is 43.7 Å². The highest BCUT2D eigenvalue weighted by atomic mass is 32.2. The Morgan fingerprint density at radius 2 is 1.84 bits per heavy atom. The lowest BCUT2D eigenvalue weighted by Crippen LogP contribution is -2.41. The van der Waals surface area contributed by atoms with Gasteiger partial charge in [-0.1, -0.05) is 18.6 Å². The number of nitrogens with zero attached hydrogens (tertiary/aromatic N) is 4. The van der Waals surface area contributed by atoms with Crippen LogP contribution < -0.4 is 5.32 Å². The number of carbonyl (C=O) groups is 1. The summed E-state index contributed by atoms with van der Waals surface area (Å²) in [6, 6.07) is 13.8. The molecule has 1 fully saturated rings. The maximum absolute atomic E-state index is 12.9. The highest BCUT2D eigenvalue weighted by Gasteiger charge is 2.30. The van der Waals surface area contributed by atoms with Gasteiger partial charge in [-0.3, -0.25) is 4.79 Å². The number of amides is 1. The third-order valence-electron chi connectivity index (χ3n) is 5.54. The quantitative estimate of drug-likeness (QED) is 0.637. The maximum Gasteiger partial charge on any atom is 0.251 e. The lowest BCUT2D eigenvalue weighted by molar-refractivity contribution is 0.0951.